The Morgan fingerprint density at radius 1 is 1.33 bits per heavy atom. The van der Waals surface area contributed by atoms with Crippen molar-refractivity contribution in [2.75, 3.05) is 5.32 Å². The highest BCUT2D eigenvalue weighted by Gasteiger charge is 2.23. The molecule has 2 rings (SSSR count). The molecule has 0 radical (unpaired) electrons. The molecule has 0 aliphatic heterocycles. The summed E-state index contributed by atoms with van der Waals surface area (Å²) in [5.41, 5.74) is -0.367. The summed E-state index contributed by atoms with van der Waals surface area (Å²) in [7, 11) is 0. The normalized spacial score (nSPS) is 10.2. The minimum atomic E-state index is -0.745. The number of carbonyl (C=O) groups excluding carboxylic acids is 1. The second-order valence-corrected chi connectivity index (χ2v) is 5.24. The van der Waals surface area contributed by atoms with E-state index in [9.17, 15) is 19.3 Å². The van der Waals surface area contributed by atoms with Gasteiger partial charge < -0.3 is 5.32 Å². The van der Waals surface area contributed by atoms with Crippen LogP contribution in [0.3, 0.4) is 0 Å². The van der Waals surface area contributed by atoms with Crippen molar-refractivity contribution in [1.82, 2.24) is 0 Å². The van der Waals surface area contributed by atoms with E-state index in [-0.39, 0.29) is 20.7 Å². The van der Waals surface area contributed by atoms with E-state index in [1.807, 2.05) is 0 Å². The van der Waals surface area contributed by atoms with Crippen molar-refractivity contribution >= 4 is 44.8 Å². The number of nitrogens with zero attached hydrogens (tertiary/aromatic N) is 1. The highest BCUT2D eigenvalue weighted by atomic mass is 79.9. The first-order valence-electron chi connectivity index (χ1n) is 5.59. The Balaban J connectivity index is 2.36. The molecule has 2 aromatic rings. The number of hydrogen-bond donors (Lipinski definition) is 1. The first kappa shape index (κ1) is 15.4. The van der Waals surface area contributed by atoms with E-state index in [0.29, 0.717) is 0 Å². The van der Waals surface area contributed by atoms with Gasteiger partial charge in [-0.25, -0.2) is 4.39 Å². The summed E-state index contributed by atoms with van der Waals surface area (Å²) in [5, 5.41) is 13.3. The topological polar surface area (TPSA) is 72.2 Å². The molecule has 8 heteroatoms. The van der Waals surface area contributed by atoms with Crippen molar-refractivity contribution < 1.29 is 14.1 Å². The molecule has 0 unspecified atom stereocenters. The maximum Gasteiger partial charge on any atom is 0.283 e. The zero-order valence-electron chi connectivity index (χ0n) is 10.3. The third kappa shape index (κ3) is 3.37. The Bertz CT molecular complexity index is 739. The van der Waals surface area contributed by atoms with Gasteiger partial charge in [-0.1, -0.05) is 17.7 Å². The molecule has 0 bridgehead atoms. The summed E-state index contributed by atoms with van der Waals surface area (Å²) in [5.74, 6) is -1.23. The van der Waals surface area contributed by atoms with E-state index in [0.717, 1.165) is 6.07 Å². The molecule has 2 aromatic carbocycles. The summed E-state index contributed by atoms with van der Waals surface area (Å²) in [6.07, 6.45) is 0. The molecule has 5 nitrogen and oxygen atoms in total. The van der Waals surface area contributed by atoms with E-state index in [1.54, 1.807) is 0 Å². The van der Waals surface area contributed by atoms with Crippen molar-refractivity contribution in [3.63, 3.8) is 0 Å². The second-order valence-electron chi connectivity index (χ2n) is 3.97. The number of nitro groups is 1. The minimum absolute atomic E-state index is 0.0390. The van der Waals surface area contributed by atoms with Crippen LogP contribution >= 0.6 is 27.5 Å². The Hall–Kier alpha value is -1.99. The quantitative estimate of drug-likeness (QED) is 0.640. The Morgan fingerprint density at radius 2 is 2.05 bits per heavy atom. The van der Waals surface area contributed by atoms with Crippen LogP contribution in [0.4, 0.5) is 15.8 Å². The van der Waals surface area contributed by atoms with Gasteiger partial charge >= 0.3 is 0 Å². The number of anilines is 1. The number of carbonyl (C=O) groups is 1. The van der Waals surface area contributed by atoms with Crippen LogP contribution in [0.15, 0.2) is 40.9 Å². The lowest BCUT2D eigenvalue weighted by atomic mass is 10.1. The van der Waals surface area contributed by atoms with Gasteiger partial charge in [-0.3, -0.25) is 14.9 Å². The van der Waals surface area contributed by atoms with Crippen LogP contribution in [-0.2, 0) is 0 Å². The fourth-order valence-electron chi connectivity index (χ4n) is 1.66. The fourth-order valence-corrected chi connectivity index (χ4v) is 2.29. The molecule has 0 spiro atoms. The highest BCUT2D eigenvalue weighted by Crippen LogP contribution is 2.28. The summed E-state index contributed by atoms with van der Waals surface area (Å²) in [6, 6.07) is 7.77. The molecular weight excluding hydrogens is 367 g/mol. The van der Waals surface area contributed by atoms with Gasteiger partial charge in [-0.15, -0.1) is 0 Å². The van der Waals surface area contributed by atoms with Crippen LogP contribution in [0, 0.1) is 15.9 Å². The molecule has 1 N–H and O–H groups in total. The van der Waals surface area contributed by atoms with Gasteiger partial charge in [0.05, 0.1) is 14.4 Å². The van der Waals surface area contributed by atoms with Crippen molar-refractivity contribution in [2.24, 2.45) is 0 Å². The Kier molecular flexibility index (Phi) is 4.54. The van der Waals surface area contributed by atoms with Gasteiger partial charge in [-0.05, 0) is 40.2 Å². The average molecular weight is 374 g/mol. The van der Waals surface area contributed by atoms with Crippen LogP contribution < -0.4 is 5.32 Å². The molecule has 0 saturated carbocycles. The molecule has 21 heavy (non-hydrogen) atoms. The lowest BCUT2D eigenvalue weighted by molar-refractivity contribution is -0.385. The monoisotopic (exact) mass is 372 g/mol. The number of amides is 1. The fraction of sp³-hybridized carbons (Fsp3) is 0. The minimum Gasteiger partial charge on any atom is -0.322 e. The second kappa shape index (κ2) is 6.19. The van der Waals surface area contributed by atoms with E-state index >= 15 is 0 Å². The number of nitrogens with one attached hydrogen (secondary N) is 1. The smallest absolute Gasteiger partial charge is 0.283 e. The predicted molar refractivity (Wildman–Crippen MR) is 80.2 cm³/mol. The van der Waals surface area contributed by atoms with Gasteiger partial charge in [-0.2, -0.15) is 0 Å². The molecule has 108 valence electrons. The Morgan fingerprint density at radius 3 is 2.67 bits per heavy atom. The van der Waals surface area contributed by atoms with Gasteiger partial charge in [0.25, 0.3) is 11.6 Å². The largest absolute Gasteiger partial charge is 0.322 e. The number of benzene rings is 2. The Labute approximate surface area is 132 Å². The third-order valence-electron chi connectivity index (χ3n) is 2.59. The molecule has 0 aliphatic rings. The SMILES string of the molecule is O=C(Nc1ccc(F)c(Br)c1)c1c(Cl)cccc1[N+](=O)[O-]. The molecule has 0 fully saturated rings. The standard InChI is InChI=1S/C13H7BrClFN2O3/c14-8-6-7(4-5-10(8)16)17-13(19)12-9(15)2-1-3-11(12)18(20)21/h1-6H,(H,17,19). The van der Waals surface area contributed by atoms with Crippen LogP contribution in [0.2, 0.25) is 5.02 Å². The molecular formula is C13H7BrClFN2O3. The number of hydrogen-bond acceptors (Lipinski definition) is 3. The zero-order valence-corrected chi connectivity index (χ0v) is 12.6. The van der Waals surface area contributed by atoms with Crippen LogP contribution in [0.25, 0.3) is 0 Å². The molecule has 0 aromatic heterocycles. The molecule has 0 aliphatic carbocycles. The van der Waals surface area contributed by atoms with Crippen molar-refractivity contribution in [3.8, 4) is 0 Å². The number of nitro benzene ring substituents is 1. The van der Waals surface area contributed by atoms with Crippen LogP contribution in [-0.4, -0.2) is 10.8 Å². The predicted octanol–water partition coefficient (Wildman–Crippen LogP) is 4.40. The molecule has 0 saturated heterocycles. The first-order valence-corrected chi connectivity index (χ1v) is 6.76. The van der Waals surface area contributed by atoms with Gasteiger partial charge in [0.1, 0.15) is 11.4 Å². The van der Waals surface area contributed by atoms with E-state index in [4.69, 9.17) is 11.6 Å². The zero-order chi connectivity index (χ0) is 15.6. The van der Waals surface area contributed by atoms with Gasteiger partial charge in [0.15, 0.2) is 0 Å². The average Bonchev–Trinajstić information content (AvgIpc) is 2.42. The van der Waals surface area contributed by atoms with Crippen LogP contribution in [0.1, 0.15) is 10.4 Å². The van der Waals surface area contributed by atoms with E-state index in [1.165, 1.54) is 30.3 Å². The summed E-state index contributed by atoms with van der Waals surface area (Å²) < 4.78 is 13.3. The van der Waals surface area contributed by atoms with Crippen LogP contribution in [0.5, 0.6) is 0 Å². The summed E-state index contributed by atoms with van der Waals surface area (Å²) in [6.45, 7) is 0. The summed E-state index contributed by atoms with van der Waals surface area (Å²) in [4.78, 5) is 22.4. The lowest BCUT2D eigenvalue weighted by Gasteiger charge is -2.08. The van der Waals surface area contributed by atoms with Gasteiger partial charge in [0, 0.05) is 11.8 Å². The molecule has 1 amide bonds. The van der Waals surface area contributed by atoms with Gasteiger partial charge in [0.2, 0.25) is 0 Å². The van der Waals surface area contributed by atoms with E-state index in [2.05, 4.69) is 21.2 Å². The first-order chi connectivity index (χ1) is 9.90. The summed E-state index contributed by atoms with van der Waals surface area (Å²) >= 11 is 8.84. The number of halogens is 3. The van der Waals surface area contributed by atoms with E-state index < -0.39 is 22.3 Å². The molecule has 0 heterocycles. The highest BCUT2D eigenvalue weighted by molar-refractivity contribution is 9.10. The maximum atomic E-state index is 13.1. The molecule has 0 atom stereocenters. The van der Waals surface area contributed by atoms with Crippen molar-refractivity contribution in [2.45, 2.75) is 0 Å². The van der Waals surface area contributed by atoms with Crippen molar-refractivity contribution in [3.05, 3.63) is 67.4 Å². The maximum absolute atomic E-state index is 13.1. The number of rotatable bonds is 3. The van der Waals surface area contributed by atoms with Crippen molar-refractivity contribution in [1.29, 1.82) is 0 Å². The third-order valence-corrected chi connectivity index (χ3v) is 3.52. The lowest BCUT2D eigenvalue weighted by Crippen LogP contribution is -2.14.